The second-order valence-corrected chi connectivity index (χ2v) is 5.95. The summed E-state index contributed by atoms with van der Waals surface area (Å²) < 4.78 is 16.2. The zero-order valence-electron chi connectivity index (χ0n) is 16.1. The molecule has 0 aliphatic carbocycles. The van der Waals surface area contributed by atoms with Gasteiger partial charge in [-0.2, -0.15) is 0 Å². The van der Waals surface area contributed by atoms with Gasteiger partial charge in [0.2, 0.25) is 5.91 Å². The van der Waals surface area contributed by atoms with Gasteiger partial charge in [-0.3, -0.25) is 9.78 Å². The number of nitrogens with zero attached hydrogens (tertiary/aromatic N) is 2. The fourth-order valence-corrected chi connectivity index (χ4v) is 2.39. The number of carbonyl (C=O) groups is 1. The molecule has 0 N–H and O–H groups in total. The third-order valence-corrected chi connectivity index (χ3v) is 3.94. The van der Waals surface area contributed by atoms with Crippen molar-refractivity contribution in [1.29, 1.82) is 0 Å². The first-order chi connectivity index (χ1) is 13.1. The van der Waals surface area contributed by atoms with Crippen LogP contribution in [0.3, 0.4) is 0 Å². The molecule has 2 aromatic rings. The van der Waals surface area contributed by atoms with Crippen LogP contribution < -0.4 is 9.47 Å². The van der Waals surface area contributed by atoms with Crippen LogP contribution in [-0.2, 0) is 16.1 Å². The number of hydrogen-bond acceptors (Lipinski definition) is 5. The summed E-state index contributed by atoms with van der Waals surface area (Å²) in [6.45, 7) is 1.61. The van der Waals surface area contributed by atoms with Crippen molar-refractivity contribution in [2.45, 2.75) is 13.0 Å². The van der Waals surface area contributed by atoms with E-state index in [2.05, 4.69) is 4.98 Å². The Balaban J connectivity index is 2.07. The highest BCUT2D eigenvalue weighted by Crippen LogP contribution is 2.26. The minimum atomic E-state index is -0.0791. The average Bonchev–Trinajstić information content (AvgIpc) is 2.71. The van der Waals surface area contributed by atoms with Gasteiger partial charge in [-0.1, -0.05) is 6.07 Å². The molecule has 0 fully saturated rings. The molecule has 1 aromatic heterocycles. The van der Waals surface area contributed by atoms with Crippen molar-refractivity contribution < 1.29 is 19.0 Å². The summed E-state index contributed by atoms with van der Waals surface area (Å²) in [5.74, 6) is 1.28. The van der Waals surface area contributed by atoms with Gasteiger partial charge in [0.05, 0.1) is 12.8 Å². The largest absolute Gasteiger partial charge is 0.497 e. The number of carbonyl (C=O) groups excluding carboxylic acids is 1. The van der Waals surface area contributed by atoms with Crippen LogP contribution in [0.1, 0.15) is 17.7 Å². The third-order valence-electron chi connectivity index (χ3n) is 3.94. The molecule has 6 heteroatoms. The summed E-state index contributed by atoms with van der Waals surface area (Å²) >= 11 is 0. The topological polar surface area (TPSA) is 60.9 Å². The van der Waals surface area contributed by atoms with Crippen LogP contribution in [0.2, 0.25) is 0 Å². The first-order valence-corrected chi connectivity index (χ1v) is 8.77. The molecule has 0 aliphatic heterocycles. The molecular formula is C21H26N2O4. The Hall–Kier alpha value is -2.86. The van der Waals surface area contributed by atoms with Crippen molar-refractivity contribution in [3.8, 4) is 11.5 Å². The molecule has 144 valence electrons. The van der Waals surface area contributed by atoms with Crippen LogP contribution in [0.25, 0.3) is 6.08 Å². The Morgan fingerprint density at radius 1 is 1.22 bits per heavy atom. The first kappa shape index (κ1) is 20.5. The van der Waals surface area contributed by atoms with Crippen molar-refractivity contribution in [1.82, 2.24) is 9.88 Å². The van der Waals surface area contributed by atoms with Gasteiger partial charge in [-0.15, -0.1) is 0 Å². The van der Waals surface area contributed by atoms with Crippen LogP contribution in [0.4, 0.5) is 0 Å². The minimum Gasteiger partial charge on any atom is -0.497 e. The van der Waals surface area contributed by atoms with E-state index in [9.17, 15) is 4.79 Å². The van der Waals surface area contributed by atoms with Crippen LogP contribution in [0.5, 0.6) is 11.5 Å². The van der Waals surface area contributed by atoms with Gasteiger partial charge in [-0.05, 0) is 42.8 Å². The number of benzene rings is 1. The maximum Gasteiger partial charge on any atom is 0.246 e. The van der Waals surface area contributed by atoms with Gasteiger partial charge in [0, 0.05) is 45.1 Å². The van der Waals surface area contributed by atoms with Crippen molar-refractivity contribution in [2.75, 3.05) is 34.4 Å². The van der Waals surface area contributed by atoms with E-state index in [0.29, 0.717) is 31.3 Å². The molecule has 1 heterocycles. The lowest BCUT2D eigenvalue weighted by atomic mass is 10.1. The Kier molecular flexibility index (Phi) is 8.32. The lowest BCUT2D eigenvalue weighted by Gasteiger charge is -2.15. The van der Waals surface area contributed by atoms with Crippen molar-refractivity contribution in [2.24, 2.45) is 0 Å². The number of amides is 1. The second-order valence-electron chi connectivity index (χ2n) is 5.95. The number of ether oxygens (including phenoxy) is 3. The molecule has 2 rings (SSSR count). The quantitative estimate of drug-likeness (QED) is 0.475. The summed E-state index contributed by atoms with van der Waals surface area (Å²) in [7, 11) is 5.02. The lowest BCUT2D eigenvalue weighted by Crippen LogP contribution is -2.26. The molecule has 0 radical (unpaired) electrons. The summed E-state index contributed by atoms with van der Waals surface area (Å²) in [5, 5.41) is 0. The Labute approximate surface area is 160 Å². The second kappa shape index (κ2) is 11.0. The fourth-order valence-electron chi connectivity index (χ4n) is 2.39. The molecule has 1 amide bonds. The number of hydrogen-bond donors (Lipinski definition) is 0. The van der Waals surface area contributed by atoms with Crippen molar-refractivity contribution in [3.63, 3.8) is 0 Å². The molecule has 0 unspecified atom stereocenters. The SMILES string of the molecule is COCCCN(C)C(=O)/C=C/c1cc(OC)ccc1OCc1ccccn1. The van der Waals surface area contributed by atoms with Crippen LogP contribution in [0.15, 0.2) is 48.7 Å². The number of aromatic nitrogens is 1. The first-order valence-electron chi connectivity index (χ1n) is 8.77. The zero-order chi connectivity index (χ0) is 19.5. The van der Waals surface area contributed by atoms with Crippen molar-refractivity contribution >= 4 is 12.0 Å². The molecule has 27 heavy (non-hydrogen) atoms. The maximum absolute atomic E-state index is 12.3. The van der Waals surface area contributed by atoms with Gasteiger partial charge in [0.15, 0.2) is 0 Å². The smallest absolute Gasteiger partial charge is 0.246 e. The maximum atomic E-state index is 12.3. The molecular weight excluding hydrogens is 344 g/mol. The van der Waals surface area contributed by atoms with Gasteiger partial charge >= 0.3 is 0 Å². The van der Waals surface area contributed by atoms with Crippen LogP contribution >= 0.6 is 0 Å². The molecule has 0 atom stereocenters. The normalized spacial score (nSPS) is 10.8. The van der Waals surface area contributed by atoms with Crippen molar-refractivity contribution in [3.05, 3.63) is 59.9 Å². The summed E-state index contributed by atoms with van der Waals surface area (Å²) in [6.07, 6.45) is 5.80. The lowest BCUT2D eigenvalue weighted by molar-refractivity contribution is -0.124. The predicted molar refractivity (Wildman–Crippen MR) is 105 cm³/mol. The van der Waals surface area contributed by atoms with E-state index >= 15 is 0 Å². The van der Waals surface area contributed by atoms with Crippen LogP contribution in [-0.4, -0.2) is 50.2 Å². The highest BCUT2D eigenvalue weighted by molar-refractivity contribution is 5.92. The summed E-state index contributed by atoms with van der Waals surface area (Å²) in [5.41, 5.74) is 1.60. The van der Waals surface area contributed by atoms with Gasteiger partial charge < -0.3 is 19.1 Å². The van der Waals surface area contributed by atoms with E-state index in [4.69, 9.17) is 14.2 Å². The molecule has 0 saturated heterocycles. The monoisotopic (exact) mass is 370 g/mol. The van der Waals surface area contributed by atoms with E-state index in [1.165, 1.54) is 6.08 Å². The predicted octanol–water partition coefficient (Wildman–Crippen LogP) is 3.18. The third kappa shape index (κ3) is 6.75. The molecule has 1 aromatic carbocycles. The average molecular weight is 370 g/mol. The Bertz CT molecular complexity index is 747. The molecule has 0 spiro atoms. The van der Waals surface area contributed by atoms with E-state index in [1.54, 1.807) is 38.4 Å². The number of pyridine rings is 1. The number of rotatable bonds is 10. The van der Waals surface area contributed by atoms with Crippen LogP contribution in [0, 0.1) is 0 Å². The van der Waals surface area contributed by atoms with E-state index in [1.807, 2.05) is 36.4 Å². The summed E-state index contributed by atoms with van der Waals surface area (Å²) in [6, 6.07) is 11.2. The van der Waals surface area contributed by atoms with Gasteiger partial charge in [0.1, 0.15) is 18.1 Å². The van der Waals surface area contributed by atoms with E-state index in [0.717, 1.165) is 17.7 Å². The zero-order valence-corrected chi connectivity index (χ0v) is 16.1. The minimum absolute atomic E-state index is 0.0791. The fraction of sp³-hybridized carbons (Fsp3) is 0.333. The molecule has 0 bridgehead atoms. The Morgan fingerprint density at radius 2 is 2.07 bits per heavy atom. The van der Waals surface area contributed by atoms with Gasteiger partial charge in [-0.25, -0.2) is 0 Å². The van der Waals surface area contributed by atoms with E-state index in [-0.39, 0.29) is 5.91 Å². The Morgan fingerprint density at radius 3 is 2.78 bits per heavy atom. The molecule has 6 nitrogen and oxygen atoms in total. The highest BCUT2D eigenvalue weighted by atomic mass is 16.5. The number of likely N-dealkylation sites (N-methyl/N-ethyl adjacent to an activating group) is 1. The highest BCUT2D eigenvalue weighted by Gasteiger charge is 2.08. The summed E-state index contributed by atoms with van der Waals surface area (Å²) in [4.78, 5) is 18.2. The standard InChI is InChI=1S/C21H26N2O4/c1-23(13-6-14-25-2)21(24)11-8-17-15-19(26-3)9-10-20(17)27-16-18-7-4-5-12-22-18/h4-5,7-12,15H,6,13-14,16H2,1-3H3/b11-8+. The van der Waals surface area contributed by atoms with Gasteiger partial charge in [0.25, 0.3) is 0 Å². The van der Waals surface area contributed by atoms with E-state index < -0.39 is 0 Å². The number of methoxy groups -OCH3 is 2. The molecule has 0 aliphatic rings. The molecule has 0 saturated carbocycles.